The van der Waals surface area contributed by atoms with Crippen molar-refractivity contribution in [2.45, 2.75) is 38.2 Å². The molecule has 7 heteroatoms. The predicted octanol–water partition coefficient (Wildman–Crippen LogP) is -0.0457. The van der Waals surface area contributed by atoms with E-state index in [4.69, 9.17) is 9.47 Å². The van der Waals surface area contributed by atoms with Crippen molar-refractivity contribution >= 4 is 17.5 Å². The molecule has 0 aromatic carbocycles. The van der Waals surface area contributed by atoms with Gasteiger partial charge < -0.3 is 14.8 Å². The average molecular weight is 283 g/mol. The van der Waals surface area contributed by atoms with Gasteiger partial charge in [-0.1, -0.05) is 0 Å². The van der Waals surface area contributed by atoms with Crippen molar-refractivity contribution in [3.05, 3.63) is 0 Å². The zero-order valence-electron chi connectivity index (χ0n) is 11.5. The Morgan fingerprint density at radius 1 is 1.50 bits per heavy atom. The number of rotatable bonds is 7. The summed E-state index contributed by atoms with van der Waals surface area (Å²) in [6, 6.07) is 0. The standard InChI is InChI=1S/C13H21N3O4/c17-12-5-4-11(15-16-12)13(18)14-6-2-7-19-9-10-3-1-8-20-10/h10H,1-9H2,(H,14,18)(H,16,17)/t10-/m0/s1. The van der Waals surface area contributed by atoms with Gasteiger partial charge in [-0.15, -0.1) is 0 Å². The summed E-state index contributed by atoms with van der Waals surface area (Å²) in [7, 11) is 0. The van der Waals surface area contributed by atoms with Crippen molar-refractivity contribution < 1.29 is 19.1 Å². The zero-order chi connectivity index (χ0) is 14.2. The lowest BCUT2D eigenvalue weighted by Crippen LogP contribution is -2.37. The smallest absolute Gasteiger partial charge is 0.267 e. The van der Waals surface area contributed by atoms with Crippen molar-refractivity contribution in [1.82, 2.24) is 10.7 Å². The molecule has 7 nitrogen and oxygen atoms in total. The summed E-state index contributed by atoms with van der Waals surface area (Å²) in [5, 5.41) is 6.50. The van der Waals surface area contributed by atoms with Crippen LogP contribution in [0.4, 0.5) is 0 Å². The Labute approximate surface area is 118 Å². The van der Waals surface area contributed by atoms with Gasteiger partial charge in [0.05, 0.1) is 12.7 Å². The second-order valence-corrected chi connectivity index (χ2v) is 4.91. The van der Waals surface area contributed by atoms with E-state index in [-0.39, 0.29) is 17.9 Å². The first-order chi connectivity index (χ1) is 9.75. The first-order valence-corrected chi connectivity index (χ1v) is 7.08. The molecule has 1 saturated heterocycles. The number of ether oxygens (including phenoxy) is 2. The van der Waals surface area contributed by atoms with E-state index < -0.39 is 0 Å². The second kappa shape index (κ2) is 7.96. The summed E-state index contributed by atoms with van der Waals surface area (Å²) in [6.45, 7) is 2.61. The fraction of sp³-hybridized carbons (Fsp3) is 0.769. The van der Waals surface area contributed by atoms with Gasteiger partial charge in [0, 0.05) is 32.6 Å². The van der Waals surface area contributed by atoms with Crippen LogP contribution in [0.1, 0.15) is 32.1 Å². The highest BCUT2D eigenvalue weighted by Crippen LogP contribution is 2.11. The molecule has 2 aliphatic heterocycles. The quantitative estimate of drug-likeness (QED) is 0.641. The molecule has 20 heavy (non-hydrogen) atoms. The van der Waals surface area contributed by atoms with Crippen molar-refractivity contribution in [2.75, 3.05) is 26.4 Å². The summed E-state index contributed by atoms with van der Waals surface area (Å²) in [5.74, 6) is -0.367. The van der Waals surface area contributed by atoms with Crippen LogP contribution in [0.5, 0.6) is 0 Å². The minimum atomic E-state index is -0.218. The monoisotopic (exact) mass is 283 g/mol. The van der Waals surface area contributed by atoms with E-state index in [1.807, 2.05) is 0 Å². The van der Waals surface area contributed by atoms with E-state index in [0.717, 1.165) is 25.9 Å². The van der Waals surface area contributed by atoms with Crippen molar-refractivity contribution in [3.8, 4) is 0 Å². The molecule has 0 unspecified atom stereocenters. The number of nitrogens with zero attached hydrogens (tertiary/aromatic N) is 1. The Morgan fingerprint density at radius 2 is 2.40 bits per heavy atom. The molecular weight excluding hydrogens is 262 g/mol. The van der Waals surface area contributed by atoms with Gasteiger partial charge in [0.1, 0.15) is 5.71 Å². The summed E-state index contributed by atoms with van der Waals surface area (Å²) in [4.78, 5) is 22.6. The Hall–Kier alpha value is -1.47. The molecule has 2 N–H and O–H groups in total. The van der Waals surface area contributed by atoms with E-state index in [0.29, 0.717) is 38.3 Å². The molecule has 0 saturated carbocycles. The fourth-order valence-corrected chi connectivity index (χ4v) is 2.11. The third kappa shape index (κ3) is 4.90. The minimum Gasteiger partial charge on any atom is -0.379 e. The van der Waals surface area contributed by atoms with E-state index in [2.05, 4.69) is 15.8 Å². The number of hydrogen-bond acceptors (Lipinski definition) is 5. The molecule has 2 aliphatic rings. The van der Waals surface area contributed by atoms with E-state index in [1.165, 1.54) is 0 Å². The maximum atomic E-state index is 11.7. The van der Waals surface area contributed by atoms with Gasteiger partial charge in [0.25, 0.3) is 5.91 Å². The summed E-state index contributed by atoms with van der Waals surface area (Å²) < 4.78 is 10.9. The Kier molecular flexibility index (Phi) is 5.94. The third-order valence-electron chi connectivity index (χ3n) is 3.25. The minimum absolute atomic E-state index is 0.149. The summed E-state index contributed by atoms with van der Waals surface area (Å²) in [5.41, 5.74) is 2.68. The van der Waals surface area contributed by atoms with E-state index in [1.54, 1.807) is 0 Å². The molecule has 1 fully saturated rings. The molecular formula is C13H21N3O4. The van der Waals surface area contributed by atoms with Crippen LogP contribution in [0.3, 0.4) is 0 Å². The lowest BCUT2D eigenvalue weighted by atomic mass is 10.1. The van der Waals surface area contributed by atoms with Crippen molar-refractivity contribution in [1.29, 1.82) is 0 Å². The van der Waals surface area contributed by atoms with Crippen LogP contribution < -0.4 is 10.7 Å². The van der Waals surface area contributed by atoms with Gasteiger partial charge in [-0.2, -0.15) is 5.10 Å². The number of carbonyl (C=O) groups is 2. The molecule has 0 radical (unpaired) electrons. The Bertz CT molecular complexity index is 378. The van der Waals surface area contributed by atoms with Crippen LogP contribution in [0.15, 0.2) is 5.10 Å². The Balaban J connectivity index is 1.50. The first kappa shape index (κ1) is 14.9. The van der Waals surface area contributed by atoms with Gasteiger partial charge in [0.15, 0.2) is 0 Å². The summed E-state index contributed by atoms with van der Waals surface area (Å²) >= 11 is 0. The van der Waals surface area contributed by atoms with Gasteiger partial charge in [-0.3, -0.25) is 9.59 Å². The highest BCUT2D eigenvalue weighted by atomic mass is 16.5. The predicted molar refractivity (Wildman–Crippen MR) is 72.2 cm³/mol. The van der Waals surface area contributed by atoms with Crippen molar-refractivity contribution in [3.63, 3.8) is 0 Å². The fourth-order valence-electron chi connectivity index (χ4n) is 2.11. The number of amides is 2. The normalized spacial score (nSPS) is 22.3. The molecule has 0 aromatic rings. The zero-order valence-corrected chi connectivity index (χ0v) is 11.5. The van der Waals surface area contributed by atoms with Crippen LogP contribution in [0.25, 0.3) is 0 Å². The molecule has 1 atom stereocenters. The Morgan fingerprint density at radius 3 is 3.10 bits per heavy atom. The molecule has 2 amide bonds. The largest absolute Gasteiger partial charge is 0.379 e. The maximum Gasteiger partial charge on any atom is 0.267 e. The van der Waals surface area contributed by atoms with Crippen LogP contribution in [0, 0.1) is 0 Å². The molecule has 0 aromatic heterocycles. The first-order valence-electron chi connectivity index (χ1n) is 7.08. The molecule has 0 aliphatic carbocycles. The second-order valence-electron chi connectivity index (χ2n) is 4.91. The number of hydrogen-bond donors (Lipinski definition) is 2. The van der Waals surface area contributed by atoms with Crippen LogP contribution in [-0.4, -0.2) is 50.0 Å². The third-order valence-corrected chi connectivity index (χ3v) is 3.25. The van der Waals surface area contributed by atoms with Gasteiger partial charge in [-0.05, 0) is 19.3 Å². The molecule has 0 spiro atoms. The van der Waals surface area contributed by atoms with Gasteiger partial charge in [0.2, 0.25) is 5.91 Å². The highest BCUT2D eigenvalue weighted by molar-refractivity contribution is 6.39. The lowest BCUT2D eigenvalue weighted by molar-refractivity contribution is -0.121. The average Bonchev–Trinajstić information content (AvgIpc) is 2.96. The van der Waals surface area contributed by atoms with E-state index in [9.17, 15) is 9.59 Å². The van der Waals surface area contributed by atoms with E-state index >= 15 is 0 Å². The molecule has 0 bridgehead atoms. The van der Waals surface area contributed by atoms with Gasteiger partial charge >= 0.3 is 0 Å². The SMILES string of the molecule is O=C1CCC(C(=O)NCCCOC[C@@H]2CCCO2)=NN1. The topological polar surface area (TPSA) is 89.0 Å². The molecule has 2 rings (SSSR count). The number of hydrazone groups is 1. The van der Waals surface area contributed by atoms with Crippen LogP contribution in [-0.2, 0) is 19.1 Å². The highest BCUT2D eigenvalue weighted by Gasteiger charge is 2.18. The van der Waals surface area contributed by atoms with Crippen molar-refractivity contribution in [2.24, 2.45) is 5.10 Å². The number of nitrogens with one attached hydrogen (secondary N) is 2. The van der Waals surface area contributed by atoms with Crippen LogP contribution >= 0.6 is 0 Å². The summed E-state index contributed by atoms with van der Waals surface area (Å²) in [6.07, 6.45) is 3.89. The van der Waals surface area contributed by atoms with Crippen LogP contribution in [0.2, 0.25) is 0 Å². The maximum absolute atomic E-state index is 11.7. The molecule has 2 heterocycles. The van der Waals surface area contributed by atoms with Gasteiger partial charge in [-0.25, -0.2) is 5.43 Å². The lowest BCUT2D eigenvalue weighted by Gasteiger charge is -2.12. The number of carbonyl (C=O) groups excluding carboxylic acids is 2. The molecule has 112 valence electrons.